The van der Waals surface area contributed by atoms with Crippen molar-refractivity contribution in [2.45, 2.75) is 16.4 Å². The van der Waals surface area contributed by atoms with Crippen LogP contribution in [0.5, 0.6) is 5.75 Å². The van der Waals surface area contributed by atoms with Crippen molar-refractivity contribution >= 4 is 24.3 Å². The van der Waals surface area contributed by atoms with Gasteiger partial charge in [-0.15, -0.1) is 0 Å². The van der Waals surface area contributed by atoms with E-state index in [9.17, 15) is 5.02 Å². The van der Waals surface area contributed by atoms with Gasteiger partial charge in [0.15, 0.2) is 0 Å². The monoisotopic (exact) mass is 272 g/mol. The summed E-state index contributed by atoms with van der Waals surface area (Å²) in [4.78, 5) is 2.18. The van der Waals surface area contributed by atoms with Gasteiger partial charge < -0.3 is 14.4 Å². The first-order valence-electron chi connectivity index (χ1n) is 6.00. The van der Waals surface area contributed by atoms with Gasteiger partial charge in [0, 0.05) is 9.79 Å². The van der Waals surface area contributed by atoms with Crippen LogP contribution >= 0.6 is 11.8 Å². The Bertz CT molecular complexity index is 603. The van der Waals surface area contributed by atoms with Gasteiger partial charge in [-0.25, -0.2) is 0 Å². The molecule has 0 aliphatic carbocycles. The molecule has 3 nitrogen and oxygen atoms in total. The Morgan fingerprint density at radius 2 is 2.05 bits per heavy atom. The molecule has 1 N–H and O–H groups in total. The van der Waals surface area contributed by atoms with Crippen LogP contribution in [0, 0.1) is 0 Å². The van der Waals surface area contributed by atoms with Gasteiger partial charge in [0.1, 0.15) is 5.75 Å². The fourth-order valence-corrected chi connectivity index (χ4v) is 2.97. The molecule has 5 heteroatoms. The minimum Gasteiger partial charge on any atom is -0.497 e. The standard InChI is InChI=1S/C14H13BO3S/c1-17-11-3-2-4-12(7-11)19-13-6-5-10-9-18-15(16)14(10)8-13/h2-8,16H,9H2,1H3. The van der Waals surface area contributed by atoms with E-state index in [0.29, 0.717) is 6.61 Å². The first kappa shape index (κ1) is 12.6. The van der Waals surface area contributed by atoms with Crippen LogP contribution in [0.1, 0.15) is 5.56 Å². The zero-order chi connectivity index (χ0) is 13.2. The Morgan fingerprint density at radius 3 is 2.89 bits per heavy atom. The average molecular weight is 272 g/mol. The van der Waals surface area contributed by atoms with Gasteiger partial charge >= 0.3 is 7.12 Å². The summed E-state index contributed by atoms with van der Waals surface area (Å²) in [7, 11) is 0.869. The maximum absolute atomic E-state index is 9.70. The molecule has 0 bridgehead atoms. The normalized spacial score (nSPS) is 13.5. The highest BCUT2D eigenvalue weighted by molar-refractivity contribution is 7.99. The Hall–Kier alpha value is -1.43. The summed E-state index contributed by atoms with van der Waals surface area (Å²) in [6.07, 6.45) is 0. The van der Waals surface area contributed by atoms with Crippen molar-refractivity contribution < 1.29 is 14.4 Å². The molecule has 0 fully saturated rings. The van der Waals surface area contributed by atoms with E-state index >= 15 is 0 Å². The highest BCUT2D eigenvalue weighted by Crippen LogP contribution is 2.30. The zero-order valence-corrected chi connectivity index (χ0v) is 11.3. The van der Waals surface area contributed by atoms with Gasteiger partial charge in [-0.2, -0.15) is 0 Å². The smallest absolute Gasteiger partial charge is 0.491 e. The van der Waals surface area contributed by atoms with Crippen molar-refractivity contribution in [3.05, 3.63) is 48.0 Å². The van der Waals surface area contributed by atoms with E-state index in [2.05, 4.69) is 0 Å². The maximum Gasteiger partial charge on any atom is 0.491 e. The van der Waals surface area contributed by atoms with E-state index in [4.69, 9.17) is 9.39 Å². The molecule has 96 valence electrons. The summed E-state index contributed by atoms with van der Waals surface area (Å²) in [5, 5.41) is 9.70. The predicted molar refractivity (Wildman–Crippen MR) is 76.0 cm³/mol. The molecular weight excluding hydrogens is 259 g/mol. The minimum absolute atomic E-state index is 0.487. The van der Waals surface area contributed by atoms with Crippen molar-refractivity contribution in [3.8, 4) is 5.75 Å². The third-order valence-corrected chi connectivity index (χ3v) is 4.04. The first-order valence-corrected chi connectivity index (χ1v) is 6.82. The average Bonchev–Trinajstić information content (AvgIpc) is 2.80. The third kappa shape index (κ3) is 2.63. The second-order valence-corrected chi connectivity index (χ2v) is 5.45. The Labute approximate surface area is 116 Å². The quantitative estimate of drug-likeness (QED) is 0.868. The van der Waals surface area contributed by atoms with Crippen molar-refractivity contribution in [2.75, 3.05) is 7.11 Å². The van der Waals surface area contributed by atoms with Crippen LogP contribution in [-0.4, -0.2) is 19.3 Å². The van der Waals surface area contributed by atoms with Gasteiger partial charge in [-0.1, -0.05) is 23.9 Å². The molecular formula is C14H13BO3S. The molecule has 1 heterocycles. The first-order chi connectivity index (χ1) is 9.26. The van der Waals surface area contributed by atoms with E-state index in [1.807, 2.05) is 42.5 Å². The van der Waals surface area contributed by atoms with Crippen LogP contribution in [0.3, 0.4) is 0 Å². The van der Waals surface area contributed by atoms with Crippen LogP contribution in [0.2, 0.25) is 0 Å². The van der Waals surface area contributed by atoms with Crippen LogP contribution in [-0.2, 0) is 11.3 Å². The fourth-order valence-electron chi connectivity index (χ4n) is 2.06. The Morgan fingerprint density at radius 1 is 1.21 bits per heavy atom. The highest BCUT2D eigenvalue weighted by atomic mass is 32.2. The molecule has 0 radical (unpaired) electrons. The van der Waals surface area contributed by atoms with E-state index in [1.165, 1.54) is 0 Å². The molecule has 0 spiro atoms. The van der Waals surface area contributed by atoms with E-state index in [-0.39, 0.29) is 0 Å². The second kappa shape index (κ2) is 5.29. The number of methoxy groups -OCH3 is 1. The number of hydrogen-bond acceptors (Lipinski definition) is 4. The van der Waals surface area contributed by atoms with Crippen LogP contribution in [0.4, 0.5) is 0 Å². The molecule has 1 aliphatic heterocycles. The lowest BCUT2D eigenvalue weighted by Gasteiger charge is -2.06. The van der Waals surface area contributed by atoms with Crippen molar-refractivity contribution in [1.82, 2.24) is 0 Å². The van der Waals surface area contributed by atoms with Crippen molar-refractivity contribution in [2.24, 2.45) is 0 Å². The summed E-state index contributed by atoms with van der Waals surface area (Å²) in [6, 6.07) is 13.9. The van der Waals surface area contributed by atoms with Crippen LogP contribution in [0.25, 0.3) is 0 Å². The molecule has 0 unspecified atom stereocenters. The lowest BCUT2D eigenvalue weighted by Crippen LogP contribution is -2.27. The Balaban J connectivity index is 1.85. The Kier molecular flexibility index (Phi) is 3.51. The molecule has 0 atom stereocenters. The predicted octanol–water partition coefficient (Wildman–Crippen LogP) is 2.06. The third-order valence-electron chi connectivity index (χ3n) is 3.06. The molecule has 19 heavy (non-hydrogen) atoms. The molecule has 0 saturated carbocycles. The lowest BCUT2D eigenvalue weighted by molar-refractivity contribution is 0.275. The second-order valence-electron chi connectivity index (χ2n) is 4.31. The largest absolute Gasteiger partial charge is 0.497 e. The van der Waals surface area contributed by atoms with Gasteiger partial charge in [0.25, 0.3) is 0 Å². The molecule has 2 aromatic carbocycles. The molecule has 0 amide bonds. The topological polar surface area (TPSA) is 38.7 Å². The van der Waals surface area contributed by atoms with Crippen molar-refractivity contribution in [3.63, 3.8) is 0 Å². The van der Waals surface area contributed by atoms with Gasteiger partial charge in [-0.05, 0) is 41.4 Å². The summed E-state index contributed by atoms with van der Waals surface area (Å²) in [6.45, 7) is 0.487. The minimum atomic E-state index is -0.791. The van der Waals surface area contributed by atoms with Crippen LogP contribution in [0.15, 0.2) is 52.3 Å². The molecule has 1 aliphatic rings. The number of fused-ring (bicyclic) bond motifs is 1. The SMILES string of the molecule is COc1cccc(Sc2ccc3c(c2)B(O)OC3)c1. The van der Waals surface area contributed by atoms with E-state index in [0.717, 1.165) is 26.6 Å². The van der Waals surface area contributed by atoms with Crippen LogP contribution < -0.4 is 10.2 Å². The number of rotatable bonds is 3. The zero-order valence-electron chi connectivity index (χ0n) is 10.5. The molecule has 0 aromatic heterocycles. The van der Waals surface area contributed by atoms with Crippen molar-refractivity contribution in [1.29, 1.82) is 0 Å². The molecule has 3 rings (SSSR count). The highest BCUT2D eigenvalue weighted by Gasteiger charge is 2.27. The maximum atomic E-state index is 9.70. The van der Waals surface area contributed by atoms with E-state index < -0.39 is 7.12 Å². The summed E-state index contributed by atoms with van der Waals surface area (Å²) in [5.74, 6) is 0.842. The van der Waals surface area contributed by atoms with Gasteiger partial charge in [-0.3, -0.25) is 0 Å². The summed E-state index contributed by atoms with van der Waals surface area (Å²) >= 11 is 1.64. The number of hydrogen-bond donors (Lipinski definition) is 1. The van der Waals surface area contributed by atoms with Gasteiger partial charge in [0.2, 0.25) is 0 Å². The fraction of sp³-hybridized carbons (Fsp3) is 0.143. The lowest BCUT2D eigenvalue weighted by atomic mass is 9.80. The molecule has 0 saturated heterocycles. The summed E-state index contributed by atoms with van der Waals surface area (Å²) < 4.78 is 10.4. The van der Waals surface area contributed by atoms with E-state index in [1.54, 1.807) is 18.9 Å². The number of benzene rings is 2. The number of ether oxygens (including phenoxy) is 1. The summed E-state index contributed by atoms with van der Waals surface area (Å²) in [5.41, 5.74) is 1.93. The van der Waals surface area contributed by atoms with Gasteiger partial charge in [0.05, 0.1) is 13.7 Å². The molecule has 2 aromatic rings.